The van der Waals surface area contributed by atoms with Crippen LogP contribution in [0.4, 0.5) is 0 Å². The van der Waals surface area contributed by atoms with Crippen molar-refractivity contribution in [2.24, 2.45) is 5.41 Å². The van der Waals surface area contributed by atoms with Gasteiger partial charge in [-0.2, -0.15) is 5.26 Å². The molecule has 0 N–H and O–H groups in total. The summed E-state index contributed by atoms with van der Waals surface area (Å²) in [7, 11) is 0. The van der Waals surface area contributed by atoms with Gasteiger partial charge < -0.3 is 9.47 Å². The maximum absolute atomic E-state index is 12.4. The second kappa shape index (κ2) is 5.04. The number of likely N-dealkylation sites (tertiary alicyclic amines) is 1. The lowest BCUT2D eigenvalue weighted by Gasteiger charge is -2.42. The van der Waals surface area contributed by atoms with Crippen LogP contribution in [0.3, 0.4) is 0 Å². The number of amides is 1. The Morgan fingerprint density at radius 2 is 2.37 bits per heavy atom. The fraction of sp³-hybridized carbons (Fsp3) is 0.643. The maximum Gasteiger partial charge on any atom is 0.243 e. The molecule has 5 nitrogen and oxygen atoms in total. The summed E-state index contributed by atoms with van der Waals surface area (Å²) in [4.78, 5) is 18.2. The SMILES string of the molecule is Cc1nccn1CC(=O)N1CCCC(C)(C)[C@H]1C#N. The van der Waals surface area contributed by atoms with Crippen LogP contribution in [0.1, 0.15) is 32.5 Å². The van der Waals surface area contributed by atoms with Crippen LogP contribution in [0.5, 0.6) is 0 Å². The van der Waals surface area contributed by atoms with E-state index >= 15 is 0 Å². The summed E-state index contributed by atoms with van der Waals surface area (Å²) in [6.07, 6.45) is 5.42. The predicted molar refractivity (Wildman–Crippen MR) is 71.1 cm³/mol. The molecule has 0 bridgehead atoms. The number of nitrogens with zero attached hydrogens (tertiary/aromatic N) is 4. The summed E-state index contributed by atoms with van der Waals surface area (Å²) < 4.78 is 1.82. The highest BCUT2D eigenvalue weighted by Gasteiger charge is 2.39. The Balaban J connectivity index is 2.14. The van der Waals surface area contributed by atoms with Crippen LogP contribution in [-0.2, 0) is 11.3 Å². The number of imidazole rings is 1. The smallest absolute Gasteiger partial charge is 0.243 e. The molecule has 0 saturated carbocycles. The molecule has 1 atom stereocenters. The maximum atomic E-state index is 12.4. The molecule has 1 saturated heterocycles. The van der Waals surface area contributed by atoms with E-state index in [9.17, 15) is 10.1 Å². The molecular formula is C14H20N4O. The minimum Gasteiger partial charge on any atom is -0.326 e. The van der Waals surface area contributed by atoms with Crippen LogP contribution >= 0.6 is 0 Å². The number of piperidine rings is 1. The van der Waals surface area contributed by atoms with Gasteiger partial charge in [-0.05, 0) is 25.2 Å². The number of hydrogen-bond donors (Lipinski definition) is 0. The standard InChI is InChI=1S/C14H20N4O/c1-11-16-6-8-17(11)10-13(19)18-7-4-5-14(2,3)12(18)9-15/h6,8,12H,4-5,7,10H2,1-3H3/t12-/m1/s1. The Morgan fingerprint density at radius 3 is 2.95 bits per heavy atom. The van der Waals surface area contributed by atoms with E-state index in [2.05, 4.69) is 24.9 Å². The molecule has 2 rings (SSSR count). The topological polar surface area (TPSA) is 61.9 Å². The molecule has 1 aliphatic heterocycles. The number of aryl methyl sites for hydroxylation is 1. The Hall–Kier alpha value is -1.83. The number of nitriles is 1. The van der Waals surface area contributed by atoms with Gasteiger partial charge in [0.1, 0.15) is 18.4 Å². The molecule has 5 heteroatoms. The lowest BCUT2D eigenvalue weighted by atomic mass is 9.77. The number of carbonyl (C=O) groups excluding carboxylic acids is 1. The van der Waals surface area contributed by atoms with E-state index in [0.717, 1.165) is 18.7 Å². The number of aromatic nitrogens is 2. The van der Waals surface area contributed by atoms with Crippen LogP contribution in [-0.4, -0.2) is 32.9 Å². The summed E-state index contributed by atoms with van der Waals surface area (Å²) in [5, 5.41) is 9.36. The molecule has 1 aromatic rings. The van der Waals surface area contributed by atoms with E-state index in [1.54, 1.807) is 17.3 Å². The van der Waals surface area contributed by atoms with Crippen molar-refractivity contribution < 1.29 is 4.79 Å². The molecule has 0 radical (unpaired) electrons. The van der Waals surface area contributed by atoms with Gasteiger partial charge in [0.15, 0.2) is 0 Å². The largest absolute Gasteiger partial charge is 0.326 e. The van der Waals surface area contributed by atoms with E-state index < -0.39 is 0 Å². The molecular weight excluding hydrogens is 240 g/mol. The van der Waals surface area contributed by atoms with E-state index in [0.29, 0.717) is 6.54 Å². The van der Waals surface area contributed by atoms with E-state index in [1.807, 2.05) is 11.5 Å². The van der Waals surface area contributed by atoms with Crippen molar-refractivity contribution in [1.29, 1.82) is 5.26 Å². The molecule has 0 aliphatic carbocycles. The van der Waals surface area contributed by atoms with Gasteiger partial charge in [-0.15, -0.1) is 0 Å². The monoisotopic (exact) mass is 260 g/mol. The fourth-order valence-corrected chi connectivity index (χ4v) is 2.71. The van der Waals surface area contributed by atoms with Gasteiger partial charge in [0.25, 0.3) is 0 Å². The second-order valence-electron chi connectivity index (χ2n) is 5.81. The first-order chi connectivity index (χ1) is 8.95. The Bertz CT molecular complexity index is 512. The van der Waals surface area contributed by atoms with Crippen LogP contribution < -0.4 is 0 Å². The molecule has 1 fully saturated rings. The number of rotatable bonds is 2. The number of hydrogen-bond acceptors (Lipinski definition) is 3. The van der Waals surface area contributed by atoms with Crippen molar-refractivity contribution in [1.82, 2.24) is 14.5 Å². The minimum absolute atomic E-state index is 0.000394. The average Bonchev–Trinajstić information content (AvgIpc) is 2.73. The van der Waals surface area contributed by atoms with E-state index in [4.69, 9.17) is 0 Å². The first-order valence-electron chi connectivity index (χ1n) is 6.62. The first-order valence-corrected chi connectivity index (χ1v) is 6.62. The van der Waals surface area contributed by atoms with Gasteiger partial charge in [0, 0.05) is 18.9 Å². The van der Waals surface area contributed by atoms with Crippen LogP contribution in [0.2, 0.25) is 0 Å². The zero-order valence-electron chi connectivity index (χ0n) is 11.8. The fourth-order valence-electron chi connectivity index (χ4n) is 2.71. The van der Waals surface area contributed by atoms with Crippen molar-refractivity contribution in [2.45, 2.75) is 46.2 Å². The lowest BCUT2D eigenvalue weighted by Crippen LogP contribution is -2.52. The average molecular weight is 260 g/mol. The normalized spacial score (nSPS) is 22.0. The third-order valence-electron chi connectivity index (χ3n) is 3.94. The van der Waals surface area contributed by atoms with Crippen molar-refractivity contribution >= 4 is 5.91 Å². The van der Waals surface area contributed by atoms with Gasteiger partial charge >= 0.3 is 0 Å². The van der Waals surface area contributed by atoms with Crippen molar-refractivity contribution in [3.8, 4) is 6.07 Å². The van der Waals surface area contributed by atoms with Crippen LogP contribution in [0.15, 0.2) is 12.4 Å². The highest BCUT2D eigenvalue weighted by atomic mass is 16.2. The third-order valence-corrected chi connectivity index (χ3v) is 3.94. The van der Waals surface area contributed by atoms with Crippen molar-refractivity contribution in [3.05, 3.63) is 18.2 Å². The molecule has 2 heterocycles. The summed E-state index contributed by atoms with van der Waals surface area (Å²) in [5.74, 6) is 0.818. The lowest BCUT2D eigenvalue weighted by molar-refractivity contribution is -0.137. The molecule has 0 unspecified atom stereocenters. The Labute approximate surface area is 113 Å². The third kappa shape index (κ3) is 2.62. The van der Waals surface area contributed by atoms with Crippen LogP contribution in [0, 0.1) is 23.7 Å². The van der Waals surface area contributed by atoms with Gasteiger partial charge in [-0.25, -0.2) is 4.98 Å². The summed E-state index contributed by atoms with van der Waals surface area (Å²) >= 11 is 0. The van der Waals surface area contributed by atoms with Gasteiger partial charge in [0.05, 0.1) is 6.07 Å². The molecule has 1 amide bonds. The Kier molecular flexibility index (Phi) is 3.61. The quantitative estimate of drug-likeness (QED) is 0.813. The molecule has 1 aromatic heterocycles. The van der Waals surface area contributed by atoms with Gasteiger partial charge in [0.2, 0.25) is 5.91 Å². The predicted octanol–water partition coefficient (Wildman–Crippen LogP) is 1.73. The molecule has 0 aromatic carbocycles. The van der Waals surface area contributed by atoms with Gasteiger partial charge in [-0.3, -0.25) is 4.79 Å². The molecule has 0 spiro atoms. The summed E-state index contributed by atoms with van der Waals surface area (Å²) in [6, 6.07) is 1.96. The minimum atomic E-state index is -0.336. The highest BCUT2D eigenvalue weighted by Crippen LogP contribution is 2.34. The first kappa shape index (κ1) is 13.6. The number of carbonyl (C=O) groups is 1. The summed E-state index contributed by atoms with van der Waals surface area (Å²) in [5.41, 5.74) is -0.132. The zero-order chi connectivity index (χ0) is 14.0. The molecule has 19 heavy (non-hydrogen) atoms. The van der Waals surface area contributed by atoms with Crippen molar-refractivity contribution in [2.75, 3.05) is 6.54 Å². The van der Waals surface area contributed by atoms with Gasteiger partial charge in [-0.1, -0.05) is 13.8 Å². The molecule has 102 valence electrons. The van der Waals surface area contributed by atoms with E-state index in [-0.39, 0.29) is 23.9 Å². The second-order valence-corrected chi connectivity index (χ2v) is 5.81. The summed E-state index contributed by atoms with van der Waals surface area (Å²) in [6.45, 7) is 6.93. The molecule has 1 aliphatic rings. The van der Waals surface area contributed by atoms with E-state index in [1.165, 1.54) is 0 Å². The highest BCUT2D eigenvalue weighted by molar-refractivity contribution is 5.77. The Morgan fingerprint density at radius 1 is 1.63 bits per heavy atom. The van der Waals surface area contributed by atoms with Crippen LogP contribution in [0.25, 0.3) is 0 Å². The van der Waals surface area contributed by atoms with Crippen molar-refractivity contribution in [3.63, 3.8) is 0 Å². The zero-order valence-corrected chi connectivity index (χ0v) is 11.8.